The molecule has 0 aliphatic heterocycles. The standard InChI is InChI=1S/C29H43ClN2O2.HI/c1-3-5-6-7-8-9-10-11-12-13-14-15-22-34-28-17-16-26(23-27(28)30)29(33)31-24-25-18-20-32(4-2)21-19-25;/h16-21,23H,3-15,22,24H2,1-2H3;1H. The fourth-order valence-corrected chi connectivity index (χ4v) is 4.22. The van der Waals surface area contributed by atoms with Gasteiger partial charge in [-0.25, -0.2) is 4.57 Å². The van der Waals surface area contributed by atoms with E-state index in [1.165, 1.54) is 70.6 Å². The van der Waals surface area contributed by atoms with Crippen LogP contribution in [0.4, 0.5) is 0 Å². The first-order chi connectivity index (χ1) is 16.6. The smallest absolute Gasteiger partial charge is 0.251 e. The number of rotatable bonds is 18. The number of nitrogens with one attached hydrogen (secondary N) is 1. The summed E-state index contributed by atoms with van der Waals surface area (Å²) in [5.74, 6) is 0.509. The number of aryl methyl sites for hydroxylation is 1. The van der Waals surface area contributed by atoms with Crippen molar-refractivity contribution in [3.63, 3.8) is 0 Å². The van der Waals surface area contributed by atoms with Gasteiger partial charge in [-0.05, 0) is 37.1 Å². The molecule has 0 saturated heterocycles. The van der Waals surface area contributed by atoms with Crippen LogP contribution in [-0.2, 0) is 13.1 Å². The van der Waals surface area contributed by atoms with Crippen LogP contribution in [0.1, 0.15) is 107 Å². The summed E-state index contributed by atoms with van der Waals surface area (Å²) in [6.07, 6.45) is 19.9. The molecule has 1 heterocycles. The highest BCUT2D eigenvalue weighted by atomic mass is 127. The topological polar surface area (TPSA) is 42.2 Å². The van der Waals surface area contributed by atoms with Gasteiger partial charge in [0.25, 0.3) is 5.91 Å². The van der Waals surface area contributed by atoms with Gasteiger partial charge in [0.15, 0.2) is 12.4 Å². The quantitative estimate of drug-likeness (QED) is 0.151. The van der Waals surface area contributed by atoms with E-state index in [1.807, 2.05) is 24.5 Å². The van der Waals surface area contributed by atoms with Crippen molar-refractivity contribution >= 4 is 17.5 Å². The highest BCUT2D eigenvalue weighted by molar-refractivity contribution is 6.32. The maximum Gasteiger partial charge on any atom is 0.251 e. The van der Waals surface area contributed by atoms with Crippen LogP contribution >= 0.6 is 11.6 Å². The maximum absolute atomic E-state index is 12.5. The Balaban J connectivity index is 0.00000612. The van der Waals surface area contributed by atoms with E-state index in [9.17, 15) is 4.79 Å². The van der Waals surface area contributed by atoms with Gasteiger partial charge < -0.3 is 34.0 Å². The molecule has 0 fully saturated rings. The summed E-state index contributed by atoms with van der Waals surface area (Å²) in [5, 5.41) is 3.43. The molecule has 1 aromatic heterocycles. The largest absolute Gasteiger partial charge is 1.00 e. The Labute approximate surface area is 235 Å². The van der Waals surface area contributed by atoms with Gasteiger partial charge in [0.05, 0.1) is 11.6 Å². The van der Waals surface area contributed by atoms with E-state index in [-0.39, 0.29) is 29.9 Å². The Kier molecular flexibility index (Phi) is 17.9. The molecule has 2 aromatic rings. The van der Waals surface area contributed by atoms with Gasteiger partial charge in [-0.3, -0.25) is 4.79 Å². The summed E-state index contributed by atoms with van der Waals surface area (Å²) >= 11 is 6.37. The van der Waals surface area contributed by atoms with E-state index in [4.69, 9.17) is 16.3 Å². The molecule has 0 aliphatic rings. The summed E-state index contributed by atoms with van der Waals surface area (Å²) in [5.41, 5.74) is 1.61. The number of ether oxygens (including phenoxy) is 1. The minimum Gasteiger partial charge on any atom is -1.00 e. The van der Waals surface area contributed by atoms with Gasteiger partial charge in [-0.1, -0.05) is 89.2 Å². The predicted molar refractivity (Wildman–Crippen MR) is 142 cm³/mol. The first-order valence-corrected chi connectivity index (χ1v) is 13.7. The first kappa shape index (κ1) is 31.7. The number of nitrogens with zero attached hydrogens (tertiary/aromatic N) is 1. The van der Waals surface area contributed by atoms with Gasteiger partial charge in [0, 0.05) is 24.2 Å². The molecular weight excluding hydrogens is 571 g/mol. The van der Waals surface area contributed by atoms with Crippen molar-refractivity contribution in [1.82, 2.24) is 5.32 Å². The molecule has 4 nitrogen and oxygen atoms in total. The van der Waals surface area contributed by atoms with Crippen LogP contribution in [0.3, 0.4) is 0 Å². The minimum atomic E-state index is -0.137. The fraction of sp³-hybridized carbons (Fsp3) is 0.586. The number of aromatic nitrogens is 1. The summed E-state index contributed by atoms with van der Waals surface area (Å²) < 4.78 is 7.93. The van der Waals surface area contributed by atoms with Crippen molar-refractivity contribution in [2.45, 2.75) is 104 Å². The molecule has 0 unspecified atom stereocenters. The summed E-state index contributed by atoms with van der Waals surface area (Å²) in [4.78, 5) is 12.5. The van der Waals surface area contributed by atoms with Crippen LogP contribution < -0.4 is 38.6 Å². The van der Waals surface area contributed by atoms with E-state index in [1.54, 1.807) is 18.2 Å². The SMILES string of the molecule is CCCCCCCCCCCCCCOc1ccc(C(=O)NCc2cc[n+](CC)cc2)cc1Cl.[I-]. The van der Waals surface area contributed by atoms with Crippen LogP contribution in [0.2, 0.25) is 5.02 Å². The molecule has 1 amide bonds. The molecule has 6 heteroatoms. The number of hydrogen-bond donors (Lipinski definition) is 1. The molecule has 0 aliphatic carbocycles. The summed E-state index contributed by atoms with van der Waals surface area (Å²) in [7, 11) is 0. The second-order valence-corrected chi connectivity index (χ2v) is 9.51. The molecule has 0 spiro atoms. The normalized spacial score (nSPS) is 10.6. The third-order valence-electron chi connectivity index (χ3n) is 6.23. The van der Waals surface area contributed by atoms with Gasteiger partial charge in [0.2, 0.25) is 0 Å². The average Bonchev–Trinajstić information content (AvgIpc) is 2.86. The number of carbonyl (C=O) groups excluding carboxylic acids is 1. The van der Waals surface area contributed by atoms with Gasteiger partial charge >= 0.3 is 0 Å². The summed E-state index contributed by atoms with van der Waals surface area (Å²) in [6.45, 7) is 6.44. The molecule has 1 N–H and O–H groups in total. The maximum atomic E-state index is 12.5. The second-order valence-electron chi connectivity index (χ2n) is 9.10. The van der Waals surface area contributed by atoms with Gasteiger partial charge in [0.1, 0.15) is 12.3 Å². The van der Waals surface area contributed by atoms with Crippen LogP contribution in [0.15, 0.2) is 42.7 Å². The Morgan fingerprint density at radius 1 is 0.857 bits per heavy atom. The Morgan fingerprint density at radius 3 is 1.97 bits per heavy atom. The van der Waals surface area contributed by atoms with E-state index in [0.29, 0.717) is 29.5 Å². The van der Waals surface area contributed by atoms with E-state index in [0.717, 1.165) is 18.5 Å². The predicted octanol–water partition coefficient (Wildman–Crippen LogP) is 4.66. The number of amides is 1. The minimum absolute atomic E-state index is 0. The van der Waals surface area contributed by atoms with Crippen LogP contribution in [0.5, 0.6) is 5.75 Å². The van der Waals surface area contributed by atoms with Crippen molar-refractivity contribution in [2.75, 3.05) is 6.61 Å². The van der Waals surface area contributed by atoms with Gasteiger partial charge in [-0.2, -0.15) is 0 Å². The van der Waals surface area contributed by atoms with Crippen molar-refractivity contribution < 1.29 is 38.1 Å². The molecule has 1 aromatic carbocycles. The Hall–Kier alpha value is -1.34. The van der Waals surface area contributed by atoms with Gasteiger partial charge in [-0.15, -0.1) is 0 Å². The third kappa shape index (κ3) is 13.5. The van der Waals surface area contributed by atoms with Crippen LogP contribution in [0, 0.1) is 0 Å². The first-order valence-electron chi connectivity index (χ1n) is 13.3. The number of hydrogen-bond acceptors (Lipinski definition) is 2. The molecule has 35 heavy (non-hydrogen) atoms. The monoisotopic (exact) mass is 614 g/mol. The van der Waals surface area contributed by atoms with E-state index in [2.05, 4.69) is 23.7 Å². The molecule has 0 atom stereocenters. The molecule has 2 rings (SSSR count). The lowest BCUT2D eigenvalue weighted by Gasteiger charge is -2.10. The van der Waals surface area contributed by atoms with Crippen molar-refractivity contribution in [3.8, 4) is 5.75 Å². The molecule has 196 valence electrons. The molecule has 0 saturated carbocycles. The lowest BCUT2D eigenvalue weighted by Crippen LogP contribution is -3.00. The number of pyridine rings is 1. The number of carbonyl (C=O) groups is 1. The lowest BCUT2D eigenvalue weighted by molar-refractivity contribution is -0.693. The zero-order valence-electron chi connectivity index (χ0n) is 21.7. The Morgan fingerprint density at radius 2 is 1.43 bits per heavy atom. The van der Waals surface area contributed by atoms with Crippen LogP contribution in [0.25, 0.3) is 0 Å². The highest BCUT2D eigenvalue weighted by Gasteiger charge is 2.10. The Bertz CT molecular complexity index is 830. The zero-order valence-corrected chi connectivity index (χ0v) is 24.6. The number of benzene rings is 1. The van der Waals surface area contributed by atoms with Crippen molar-refractivity contribution in [1.29, 1.82) is 0 Å². The second kappa shape index (κ2) is 19.8. The van der Waals surface area contributed by atoms with E-state index >= 15 is 0 Å². The zero-order chi connectivity index (χ0) is 24.4. The molecular formula is C29H44ClIN2O2. The van der Waals surface area contributed by atoms with Crippen molar-refractivity contribution in [3.05, 3.63) is 58.9 Å². The fourth-order valence-electron chi connectivity index (χ4n) is 3.99. The average molecular weight is 615 g/mol. The number of unbranched alkanes of at least 4 members (excludes halogenated alkanes) is 11. The lowest BCUT2D eigenvalue weighted by atomic mass is 10.1. The number of halogens is 2. The third-order valence-corrected chi connectivity index (χ3v) is 6.52. The highest BCUT2D eigenvalue weighted by Crippen LogP contribution is 2.26. The van der Waals surface area contributed by atoms with E-state index < -0.39 is 0 Å². The van der Waals surface area contributed by atoms with Crippen LogP contribution in [-0.4, -0.2) is 12.5 Å². The molecule has 0 radical (unpaired) electrons. The molecule has 0 bridgehead atoms. The van der Waals surface area contributed by atoms with Crippen molar-refractivity contribution in [2.24, 2.45) is 0 Å². The summed E-state index contributed by atoms with van der Waals surface area (Å²) in [6, 6.07) is 9.29.